The first-order valence-corrected chi connectivity index (χ1v) is 6.00. The Morgan fingerprint density at radius 1 is 1.50 bits per heavy atom. The highest BCUT2D eigenvalue weighted by molar-refractivity contribution is 5.40. The minimum Gasteiger partial charge on any atom is -0.488 e. The summed E-state index contributed by atoms with van der Waals surface area (Å²) in [4.78, 5) is 15.3. The summed E-state index contributed by atoms with van der Waals surface area (Å²) in [6, 6.07) is 7.93. The van der Waals surface area contributed by atoms with Crippen LogP contribution in [-0.2, 0) is 13.0 Å². The van der Waals surface area contributed by atoms with Crippen molar-refractivity contribution in [2.75, 3.05) is 0 Å². The molecule has 0 fully saturated rings. The summed E-state index contributed by atoms with van der Waals surface area (Å²) in [5.41, 5.74) is 2.22. The fraction of sp³-hybridized carbons (Fsp3) is 0.286. The van der Waals surface area contributed by atoms with Crippen LogP contribution in [0.3, 0.4) is 0 Å². The van der Waals surface area contributed by atoms with E-state index < -0.39 is 0 Å². The molecule has 0 radical (unpaired) electrons. The topological polar surface area (TPSA) is 44.1 Å². The van der Waals surface area contributed by atoms with Crippen molar-refractivity contribution in [3.8, 4) is 5.75 Å². The monoisotopic (exact) mass is 242 g/mol. The molecule has 3 rings (SSSR count). The zero-order chi connectivity index (χ0) is 12.5. The molecule has 1 aliphatic rings. The molecule has 2 aromatic rings. The van der Waals surface area contributed by atoms with Gasteiger partial charge in [-0.25, -0.2) is 9.78 Å². The number of benzene rings is 1. The molecule has 0 N–H and O–H groups in total. The highest BCUT2D eigenvalue weighted by Crippen LogP contribution is 2.29. The Labute approximate surface area is 105 Å². The lowest BCUT2D eigenvalue weighted by atomic mass is 10.1. The van der Waals surface area contributed by atoms with Crippen LogP contribution in [0.5, 0.6) is 5.75 Å². The minimum atomic E-state index is -0.228. The molecular weight excluding hydrogens is 228 g/mol. The molecular formula is C14H14N2O2. The Hall–Kier alpha value is -2.10. The predicted molar refractivity (Wildman–Crippen MR) is 67.8 cm³/mol. The van der Waals surface area contributed by atoms with E-state index in [2.05, 4.69) is 18.0 Å². The van der Waals surface area contributed by atoms with Crippen molar-refractivity contribution < 1.29 is 4.74 Å². The first-order chi connectivity index (χ1) is 8.72. The van der Waals surface area contributed by atoms with E-state index in [0.717, 1.165) is 12.2 Å². The van der Waals surface area contributed by atoms with Gasteiger partial charge in [0, 0.05) is 18.8 Å². The SMILES string of the molecule is Cc1ccc2c(c1)CC(Cn1cccnc1=O)O2. The van der Waals surface area contributed by atoms with E-state index in [0.29, 0.717) is 6.54 Å². The third-order valence-corrected chi connectivity index (χ3v) is 3.14. The molecule has 1 unspecified atom stereocenters. The van der Waals surface area contributed by atoms with E-state index in [-0.39, 0.29) is 11.8 Å². The number of aryl methyl sites for hydroxylation is 1. The summed E-state index contributed by atoms with van der Waals surface area (Å²) >= 11 is 0. The van der Waals surface area contributed by atoms with Crippen LogP contribution in [0.1, 0.15) is 11.1 Å². The van der Waals surface area contributed by atoms with E-state index in [1.165, 1.54) is 17.3 Å². The van der Waals surface area contributed by atoms with Gasteiger partial charge >= 0.3 is 5.69 Å². The Bertz CT molecular complexity index is 634. The van der Waals surface area contributed by atoms with Gasteiger partial charge in [0.2, 0.25) is 0 Å². The highest BCUT2D eigenvalue weighted by atomic mass is 16.5. The van der Waals surface area contributed by atoms with Crippen LogP contribution in [-0.4, -0.2) is 15.7 Å². The molecule has 1 atom stereocenters. The molecule has 1 aromatic carbocycles. The molecule has 18 heavy (non-hydrogen) atoms. The number of aromatic nitrogens is 2. The van der Waals surface area contributed by atoms with Gasteiger partial charge in [0.25, 0.3) is 0 Å². The van der Waals surface area contributed by atoms with Gasteiger partial charge < -0.3 is 4.74 Å². The number of ether oxygens (including phenoxy) is 1. The van der Waals surface area contributed by atoms with Crippen LogP contribution in [0.4, 0.5) is 0 Å². The number of nitrogens with zero attached hydrogens (tertiary/aromatic N) is 2. The van der Waals surface area contributed by atoms with Gasteiger partial charge in [0.1, 0.15) is 11.9 Å². The Morgan fingerprint density at radius 3 is 3.22 bits per heavy atom. The van der Waals surface area contributed by atoms with Gasteiger partial charge in [-0.1, -0.05) is 17.7 Å². The van der Waals surface area contributed by atoms with Crippen LogP contribution in [0.15, 0.2) is 41.5 Å². The first-order valence-electron chi connectivity index (χ1n) is 6.00. The number of hydrogen-bond donors (Lipinski definition) is 0. The normalized spacial score (nSPS) is 17.3. The quantitative estimate of drug-likeness (QED) is 0.802. The van der Waals surface area contributed by atoms with Crippen LogP contribution >= 0.6 is 0 Å². The van der Waals surface area contributed by atoms with E-state index in [1.807, 2.05) is 12.1 Å². The molecule has 0 saturated carbocycles. The smallest absolute Gasteiger partial charge is 0.347 e. The van der Waals surface area contributed by atoms with Crippen molar-refractivity contribution in [1.82, 2.24) is 9.55 Å². The minimum absolute atomic E-state index is 0.0173. The molecule has 92 valence electrons. The second-order valence-corrected chi connectivity index (χ2v) is 4.61. The molecule has 4 nitrogen and oxygen atoms in total. The third-order valence-electron chi connectivity index (χ3n) is 3.14. The molecule has 2 heterocycles. The molecule has 0 saturated heterocycles. The largest absolute Gasteiger partial charge is 0.488 e. The van der Waals surface area contributed by atoms with E-state index in [1.54, 1.807) is 16.8 Å². The van der Waals surface area contributed by atoms with Crippen LogP contribution in [0.2, 0.25) is 0 Å². The van der Waals surface area contributed by atoms with E-state index >= 15 is 0 Å². The number of hydrogen-bond acceptors (Lipinski definition) is 3. The zero-order valence-electron chi connectivity index (χ0n) is 10.2. The van der Waals surface area contributed by atoms with Crippen molar-refractivity contribution in [2.45, 2.75) is 26.0 Å². The second kappa shape index (κ2) is 4.29. The van der Waals surface area contributed by atoms with Crippen molar-refractivity contribution in [2.24, 2.45) is 0 Å². The van der Waals surface area contributed by atoms with Gasteiger partial charge in [-0.15, -0.1) is 0 Å². The predicted octanol–water partition coefficient (Wildman–Crippen LogP) is 1.56. The summed E-state index contributed by atoms with van der Waals surface area (Å²) in [5, 5.41) is 0. The first kappa shape index (κ1) is 11.0. The summed E-state index contributed by atoms with van der Waals surface area (Å²) < 4.78 is 7.42. The average Bonchev–Trinajstić information content (AvgIpc) is 2.73. The number of fused-ring (bicyclic) bond motifs is 1. The van der Waals surface area contributed by atoms with Gasteiger partial charge in [-0.05, 0) is 24.6 Å². The maximum atomic E-state index is 11.5. The Kier molecular flexibility index (Phi) is 2.63. The van der Waals surface area contributed by atoms with Crippen LogP contribution < -0.4 is 10.4 Å². The molecule has 4 heteroatoms. The molecule has 0 amide bonds. The Morgan fingerprint density at radius 2 is 2.39 bits per heavy atom. The van der Waals surface area contributed by atoms with Gasteiger partial charge in [-0.2, -0.15) is 0 Å². The summed E-state index contributed by atoms with van der Waals surface area (Å²) in [6.45, 7) is 2.61. The molecule has 0 bridgehead atoms. The molecule has 1 aromatic heterocycles. The summed E-state index contributed by atoms with van der Waals surface area (Å²) in [6.07, 6.45) is 4.11. The van der Waals surface area contributed by atoms with Crippen molar-refractivity contribution in [1.29, 1.82) is 0 Å². The molecule has 0 spiro atoms. The fourth-order valence-electron chi connectivity index (χ4n) is 2.30. The lowest BCUT2D eigenvalue weighted by molar-refractivity contribution is 0.207. The van der Waals surface area contributed by atoms with E-state index in [9.17, 15) is 4.79 Å². The summed E-state index contributed by atoms with van der Waals surface area (Å²) in [7, 11) is 0. The van der Waals surface area contributed by atoms with Gasteiger partial charge in [-0.3, -0.25) is 4.57 Å². The van der Waals surface area contributed by atoms with Crippen molar-refractivity contribution in [3.05, 3.63) is 58.3 Å². The maximum absolute atomic E-state index is 11.5. The lowest BCUT2D eigenvalue weighted by Gasteiger charge is -2.11. The lowest BCUT2D eigenvalue weighted by Crippen LogP contribution is -2.29. The van der Waals surface area contributed by atoms with Crippen molar-refractivity contribution in [3.63, 3.8) is 0 Å². The third kappa shape index (κ3) is 2.01. The van der Waals surface area contributed by atoms with Gasteiger partial charge in [0.15, 0.2) is 0 Å². The van der Waals surface area contributed by atoms with E-state index in [4.69, 9.17) is 4.74 Å². The van der Waals surface area contributed by atoms with Crippen molar-refractivity contribution >= 4 is 0 Å². The van der Waals surface area contributed by atoms with Crippen LogP contribution in [0.25, 0.3) is 0 Å². The standard InChI is InChI=1S/C14H14N2O2/c1-10-3-4-13-11(7-10)8-12(18-13)9-16-6-2-5-15-14(16)17/h2-7,12H,8-9H2,1H3. The van der Waals surface area contributed by atoms with Gasteiger partial charge in [0.05, 0.1) is 6.54 Å². The summed E-state index contributed by atoms with van der Waals surface area (Å²) in [5.74, 6) is 0.933. The molecule has 0 aliphatic carbocycles. The zero-order valence-corrected chi connectivity index (χ0v) is 10.2. The number of rotatable bonds is 2. The second-order valence-electron chi connectivity index (χ2n) is 4.61. The Balaban J connectivity index is 1.79. The maximum Gasteiger partial charge on any atom is 0.347 e. The van der Waals surface area contributed by atoms with Crippen LogP contribution in [0, 0.1) is 6.92 Å². The molecule has 1 aliphatic heterocycles. The highest BCUT2D eigenvalue weighted by Gasteiger charge is 2.23. The average molecular weight is 242 g/mol. The fourth-order valence-corrected chi connectivity index (χ4v) is 2.30.